The Morgan fingerprint density at radius 3 is 2.74 bits per heavy atom. The number of nitrogens with zero attached hydrogens (tertiary/aromatic N) is 5. The van der Waals surface area contributed by atoms with Gasteiger partial charge in [0.25, 0.3) is 0 Å². The van der Waals surface area contributed by atoms with Crippen LogP contribution < -0.4 is 0 Å². The Labute approximate surface area is 169 Å². The summed E-state index contributed by atoms with van der Waals surface area (Å²) in [6.07, 6.45) is 1.19. The Hall–Kier alpha value is -1.95. The average Bonchev–Trinajstić information content (AvgIpc) is 3.20. The van der Waals surface area contributed by atoms with Crippen LogP contribution in [0.15, 0.2) is 55.7 Å². The maximum absolute atomic E-state index is 11.7. The van der Waals surface area contributed by atoms with Gasteiger partial charge < -0.3 is 0 Å². The molecule has 11 heteroatoms. The van der Waals surface area contributed by atoms with Gasteiger partial charge in [-0.3, -0.25) is 0 Å². The van der Waals surface area contributed by atoms with Crippen LogP contribution in [0.25, 0.3) is 15.9 Å². The molecule has 0 radical (unpaired) electrons. The molecule has 0 aliphatic heterocycles. The molecule has 138 valence electrons. The minimum atomic E-state index is -3.26. The molecule has 2 heterocycles. The van der Waals surface area contributed by atoms with Gasteiger partial charge in [-0.2, -0.15) is 4.68 Å². The predicted molar refractivity (Wildman–Crippen MR) is 108 cm³/mol. The second-order valence-corrected chi connectivity index (χ2v) is 10.6. The second-order valence-electron chi connectivity index (χ2n) is 5.85. The van der Waals surface area contributed by atoms with Crippen LogP contribution in [0.2, 0.25) is 0 Å². The van der Waals surface area contributed by atoms with E-state index in [1.54, 1.807) is 22.9 Å². The van der Waals surface area contributed by atoms with E-state index in [2.05, 4.69) is 33.1 Å². The Morgan fingerprint density at radius 2 is 2.00 bits per heavy atom. The van der Waals surface area contributed by atoms with Crippen molar-refractivity contribution >= 4 is 55.8 Å². The molecule has 0 aliphatic rings. The van der Waals surface area contributed by atoms with E-state index in [4.69, 9.17) is 0 Å². The van der Waals surface area contributed by atoms with E-state index in [1.165, 1.54) is 29.4 Å². The van der Waals surface area contributed by atoms with Gasteiger partial charge in [0, 0.05) is 11.2 Å². The van der Waals surface area contributed by atoms with Crippen molar-refractivity contribution in [3.63, 3.8) is 0 Å². The van der Waals surface area contributed by atoms with Crippen molar-refractivity contribution in [1.82, 2.24) is 25.2 Å². The van der Waals surface area contributed by atoms with E-state index < -0.39 is 9.84 Å². The summed E-state index contributed by atoms with van der Waals surface area (Å²) in [4.78, 5) is 5.59. The van der Waals surface area contributed by atoms with E-state index in [0.29, 0.717) is 5.16 Å². The Balaban J connectivity index is 1.70. The number of hydrogen-bond donors (Lipinski definition) is 1. The van der Waals surface area contributed by atoms with Crippen LogP contribution in [0, 0.1) is 6.92 Å². The van der Waals surface area contributed by atoms with E-state index >= 15 is 0 Å². The second kappa shape index (κ2) is 6.89. The zero-order valence-electron chi connectivity index (χ0n) is 14.2. The van der Waals surface area contributed by atoms with Crippen LogP contribution in [0.4, 0.5) is 0 Å². The molecule has 4 rings (SSSR count). The van der Waals surface area contributed by atoms with Gasteiger partial charge in [0.15, 0.2) is 14.2 Å². The molecule has 0 fully saturated rings. The van der Waals surface area contributed by atoms with E-state index in [9.17, 15) is 8.42 Å². The number of fused-ring (bicyclic) bond motifs is 1. The molecule has 0 unspecified atom stereocenters. The lowest BCUT2D eigenvalue weighted by Crippen LogP contribution is -2.00. The summed E-state index contributed by atoms with van der Waals surface area (Å²) in [5.41, 5.74) is 2.61. The summed E-state index contributed by atoms with van der Waals surface area (Å²) < 4.78 is 26.6. The first-order valence-corrected chi connectivity index (χ1v) is 11.7. The molecule has 0 aliphatic carbocycles. The topological polar surface area (TPSA) is 90.6 Å². The summed E-state index contributed by atoms with van der Waals surface area (Å²) in [5, 5.41) is 12.5. The lowest BCUT2D eigenvalue weighted by Gasteiger charge is -2.06. The normalized spacial score (nSPS) is 12.0. The zero-order chi connectivity index (χ0) is 19.2. The Bertz CT molecular complexity index is 1260. The molecular formula is C16H13N5O2S4. The van der Waals surface area contributed by atoms with Crippen molar-refractivity contribution in [3.8, 4) is 5.69 Å². The average molecular weight is 436 g/mol. The van der Waals surface area contributed by atoms with Gasteiger partial charge in [0.2, 0.25) is 5.16 Å². The number of aromatic nitrogens is 5. The van der Waals surface area contributed by atoms with Gasteiger partial charge in [-0.05, 0) is 65.0 Å². The van der Waals surface area contributed by atoms with Gasteiger partial charge in [-0.15, -0.1) is 29.1 Å². The highest BCUT2D eigenvalue weighted by Crippen LogP contribution is 2.35. The summed E-state index contributed by atoms with van der Waals surface area (Å²) in [6.45, 7) is 1.99. The molecule has 0 saturated heterocycles. The highest BCUT2D eigenvalue weighted by atomic mass is 32.2. The maximum atomic E-state index is 11.7. The number of aryl methyl sites for hydroxylation is 1. The smallest absolute Gasteiger partial charge is 0.221 e. The third-order valence-corrected chi connectivity index (χ3v) is 7.23. The molecule has 7 nitrogen and oxygen atoms in total. The predicted octanol–water partition coefficient (Wildman–Crippen LogP) is 3.42. The van der Waals surface area contributed by atoms with E-state index in [-0.39, 0.29) is 4.90 Å². The fourth-order valence-electron chi connectivity index (χ4n) is 2.44. The van der Waals surface area contributed by atoms with Gasteiger partial charge in [0.1, 0.15) is 0 Å². The van der Waals surface area contributed by atoms with Crippen molar-refractivity contribution in [2.45, 2.75) is 26.2 Å². The van der Waals surface area contributed by atoms with Crippen LogP contribution in [0.3, 0.4) is 0 Å². The molecule has 0 bridgehead atoms. The van der Waals surface area contributed by atoms with Gasteiger partial charge in [0.05, 0.1) is 20.8 Å². The van der Waals surface area contributed by atoms with Crippen molar-refractivity contribution in [3.05, 3.63) is 42.0 Å². The molecule has 27 heavy (non-hydrogen) atoms. The van der Waals surface area contributed by atoms with E-state index in [1.807, 2.05) is 25.1 Å². The number of rotatable bonds is 4. The zero-order valence-corrected chi connectivity index (χ0v) is 17.5. The molecule has 0 saturated carbocycles. The summed E-state index contributed by atoms with van der Waals surface area (Å²) in [7, 11) is -3.26. The molecule has 2 aromatic heterocycles. The van der Waals surface area contributed by atoms with Crippen molar-refractivity contribution in [1.29, 1.82) is 0 Å². The fraction of sp³-hybridized carbons (Fsp3) is 0.125. The number of sulfone groups is 1. The highest BCUT2D eigenvalue weighted by molar-refractivity contribution is 8.01. The number of thiazole rings is 1. The largest absolute Gasteiger partial charge is 0.229 e. The molecule has 0 N–H and O–H groups in total. The van der Waals surface area contributed by atoms with Crippen molar-refractivity contribution in [2.75, 3.05) is 6.26 Å². The first kappa shape index (κ1) is 18.4. The molecule has 2 aromatic carbocycles. The molecule has 4 aromatic rings. The molecule has 0 amide bonds. The van der Waals surface area contributed by atoms with Crippen LogP contribution in [-0.4, -0.2) is 39.9 Å². The Morgan fingerprint density at radius 1 is 1.19 bits per heavy atom. The van der Waals surface area contributed by atoms with Gasteiger partial charge in [-0.1, -0.05) is 6.07 Å². The highest BCUT2D eigenvalue weighted by Gasteiger charge is 2.16. The monoisotopic (exact) mass is 435 g/mol. The molecule has 0 spiro atoms. The van der Waals surface area contributed by atoms with Crippen LogP contribution in [0.1, 0.15) is 5.56 Å². The number of tetrazole rings is 1. The number of benzene rings is 2. The summed E-state index contributed by atoms with van der Waals surface area (Å²) in [5.74, 6) is 0. The van der Waals surface area contributed by atoms with Crippen molar-refractivity contribution < 1.29 is 8.42 Å². The SMILES string of the molecule is Cc1ccc(-n2nnnc2Sc2nc3ccc(S(C)(=O)=O)cc3s2)c(S)c1. The number of thiol groups is 1. The lowest BCUT2D eigenvalue weighted by atomic mass is 10.2. The quantitative estimate of drug-likeness (QED) is 0.491. The van der Waals surface area contributed by atoms with Gasteiger partial charge >= 0.3 is 0 Å². The molecular weight excluding hydrogens is 422 g/mol. The maximum Gasteiger partial charge on any atom is 0.221 e. The minimum absolute atomic E-state index is 0.277. The fourth-order valence-corrected chi connectivity index (χ4v) is 5.53. The standard InChI is InChI=1S/C16H13N5O2S4/c1-9-3-6-12(13(24)7-9)21-15(18-19-20-21)26-16-17-11-5-4-10(27(2,22)23)8-14(11)25-16/h3-8,24H,1-2H3. The lowest BCUT2D eigenvalue weighted by molar-refractivity contribution is 0.602. The van der Waals surface area contributed by atoms with Gasteiger partial charge in [-0.25, -0.2) is 13.4 Å². The first-order chi connectivity index (χ1) is 12.8. The number of hydrogen-bond acceptors (Lipinski definition) is 9. The molecule has 0 atom stereocenters. The third-order valence-electron chi connectivity index (χ3n) is 3.75. The summed E-state index contributed by atoms with van der Waals surface area (Å²) >= 11 is 7.23. The summed E-state index contributed by atoms with van der Waals surface area (Å²) in [6, 6.07) is 10.7. The first-order valence-electron chi connectivity index (χ1n) is 7.68. The van der Waals surface area contributed by atoms with Crippen LogP contribution in [-0.2, 0) is 9.84 Å². The van der Waals surface area contributed by atoms with Crippen LogP contribution in [0.5, 0.6) is 0 Å². The van der Waals surface area contributed by atoms with Crippen LogP contribution >= 0.6 is 35.7 Å². The van der Waals surface area contributed by atoms with E-state index in [0.717, 1.165) is 30.7 Å². The third kappa shape index (κ3) is 3.72. The minimum Gasteiger partial charge on any atom is -0.229 e. The van der Waals surface area contributed by atoms with Crippen molar-refractivity contribution in [2.24, 2.45) is 0 Å². The Kier molecular flexibility index (Phi) is 4.70.